The van der Waals surface area contributed by atoms with Crippen LogP contribution in [0.5, 0.6) is 0 Å². The molecule has 2 heterocycles. The summed E-state index contributed by atoms with van der Waals surface area (Å²) in [5, 5.41) is 10.1. The molecule has 0 atom stereocenters. The first kappa shape index (κ1) is 24.0. The Morgan fingerprint density at radius 3 is 1.35 bits per heavy atom. The molecule has 0 aliphatic heterocycles. The number of aromatic nitrogens is 1. The van der Waals surface area contributed by atoms with E-state index in [-0.39, 0.29) is 0 Å². The molecule has 1 heteroatoms. The first-order valence-electron chi connectivity index (χ1n) is 14.9. The molecule has 0 saturated carbocycles. The molecule has 9 aromatic rings. The van der Waals surface area contributed by atoms with Crippen LogP contribution < -0.4 is 0 Å². The molecule has 0 saturated heterocycles. The zero-order valence-corrected chi connectivity index (χ0v) is 23.5. The number of para-hydroxylation sites is 2. The Morgan fingerprint density at radius 2 is 0.674 bits per heavy atom. The van der Waals surface area contributed by atoms with E-state index in [4.69, 9.17) is 0 Å². The molecule has 0 bridgehead atoms. The molecule has 7 aromatic carbocycles. The van der Waals surface area contributed by atoms with E-state index in [1.54, 1.807) is 0 Å². The minimum absolute atomic E-state index is 1.20. The van der Waals surface area contributed by atoms with Gasteiger partial charge in [-0.3, -0.25) is 0 Å². The van der Waals surface area contributed by atoms with E-state index in [9.17, 15) is 0 Å². The van der Waals surface area contributed by atoms with Gasteiger partial charge in [-0.15, -0.1) is 0 Å². The Labute approximate surface area is 249 Å². The first-order valence-corrected chi connectivity index (χ1v) is 14.9. The van der Waals surface area contributed by atoms with Crippen molar-refractivity contribution < 1.29 is 0 Å². The van der Waals surface area contributed by atoms with Gasteiger partial charge in [0.2, 0.25) is 0 Å². The van der Waals surface area contributed by atoms with Crippen LogP contribution in [0.4, 0.5) is 0 Å². The standard InChI is InChI=1S/C42H27N/c1-2-11-28(12-3-1)29-21-23-30(24-22-29)31-25-26-41-39(27-31)38-19-10-18-37-35-16-7-5-14-33(35)32-13-4-6-15-34(32)36-17-8-9-20-40(36)43(41)42(37)38/h1-27H. The van der Waals surface area contributed by atoms with Crippen LogP contribution in [0.15, 0.2) is 164 Å². The highest BCUT2D eigenvalue weighted by molar-refractivity contribution is 6.25. The molecule has 0 amide bonds. The van der Waals surface area contributed by atoms with Crippen LogP contribution in [0.25, 0.3) is 81.9 Å². The molecule has 0 unspecified atom stereocenters. The number of benzene rings is 7. The van der Waals surface area contributed by atoms with Crippen molar-refractivity contribution in [1.82, 2.24) is 4.40 Å². The second-order valence-corrected chi connectivity index (χ2v) is 11.3. The van der Waals surface area contributed by atoms with E-state index in [0.29, 0.717) is 0 Å². The predicted molar refractivity (Wildman–Crippen MR) is 185 cm³/mol. The Hall–Kier alpha value is -5.66. The SMILES string of the molecule is c1ccc(-c2ccc(-c3ccc4c(c3)c3cccc5c6ccccc6c6ccccc6c6ccccc6n4c53)cc2)cc1. The van der Waals surface area contributed by atoms with E-state index in [2.05, 4.69) is 168 Å². The number of hydrogen-bond donors (Lipinski definition) is 0. The lowest BCUT2D eigenvalue weighted by Gasteiger charge is -2.07. The summed E-state index contributed by atoms with van der Waals surface area (Å²) in [7, 11) is 0. The molecule has 0 aliphatic carbocycles. The smallest absolute Gasteiger partial charge is 0.0619 e. The van der Waals surface area contributed by atoms with E-state index >= 15 is 0 Å². The van der Waals surface area contributed by atoms with Gasteiger partial charge in [0, 0.05) is 21.5 Å². The van der Waals surface area contributed by atoms with Gasteiger partial charge in [0.05, 0.1) is 16.6 Å². The third-order valence-electron chi connectivity index (χ3n) is 8.98. The lowest BCUT2D eigenvalue weighted by molar-refractivity contribution is 1.35. The van der Waals surface area contributed by atoms with Gasteiger partial charge in [0.15, 0.2) is 0 Å². The fourth-order valence-electron chi connectivity index (χ4n) is 7.00. The minimum atomic E-state index is 1.20. The quantitative estimate of drug-likeness (QED) is 0.203. The number of nitrogens with zero attached hydrogens (tertiary/aromatic N) is 1. The maximum Gasteiger partial charge on any atom is 0.0619 e. The molecule has 1 nitrogen and oxygen atoms in total. The second kappa shape index (κ2) is 9.44. The average Bonchev–Trinajstić information content (AvgIpc) is 3.44. The van der Waals surface area contributed by atoms with Crippen LogP contribution >= 0.6 is 0 Å². The lowest BCUT2D eigenvalue weighted by atomic mass is 9.98. The molecule has 0 aliphatic rings. The summed E-state index contributed by atoms with van der Waals surface area (Å²) in [6.07, 6.45) is 0. The summed E-state index contributed by atoms with van der Waals surface area (Å²) in [5.74, 6) is 0. The van der Waals surface area contributed by atoms with Crippen molar-refractivity contribution >= 4 is 59.6 Å². The third-order valence-corrected chi connectivity index (χ3v) is 8.98. The van der Waals surface area contributed by atoms with Crippen LogP contribution in [0.1, 0.15) is 0 Å². The summed E-state index contributed by atoms with van der Waals surface area (Å²) in [5.41, 5.74) is 8.59. The van der Waals surface area contributed by atoms with Crippen LogP contribution in [-0.4, -0.2) is 4.40 Å². The molecule has 200 valence electrons. The molecule has 0 radical (unpaired) electrons. The number of hydrogen-bond acceptors (Lipinski definition) is 0. The summed E-state index contributed by atoms with van der Waals surface area (Å²) < 4.78 is 2.50. The van der Waals surface area contributed by atoms with Gasteiger partial charge in [-0.2, -0.15) is 0 Å². The Bertz CT molecular complexity index is 2540. The van der Waals surface area contributed by atoms with Crippen molar-refractivity contribution in [3.8, 4) is 22.3 Å². The fourth-order valence-corrected chi connectivity index (χ4v) is 7.00. The predicted octanol–water partition coefficient (Wildman–Crippen LogP) is 11.6. The minimum Gasteiger partial charge on any atom is -0.308 e. The van der Waals surface area contributed by atoms with Crippen LogP contribution in [0.2, 0.25) is 0 Å². The van der Waals surface area contributed by atoms with Gasteiger partial charge >= 0.3 is 0 Å². The van der Waals surface area contributed by atoms with E-state index < -0.39 is 0 Å². The summed E-state index contributed by atoms with van der Waals surface area (Å²) in [6.45, 7) is 0. The van der Waals surface area contributed by atoms with Gasteiger partial charge in [-0.1, -0.05) is 146 Å². The van der Waals surface area contributed by atoms with Crippen molar-refractivity contribution in [3.63, 3.8) is 0 Å². The highest BCUT2D eigenvalue weighted by Gasteiger charge is 2.15. The summed E-state index contributed by atoms with van der Waals surface area (Å²) in [4.78, 5) is 0. The van der Waals surface area contributed by atoms with Gasteiger partial charge in [0.1, 0.15) is 0 Å². The Balaban J connectivity index is 1.42. The zero-order chi connectivity index (χ0) is 28.3. The maximum atomic E-state index is 2.50. The summed E-state index contributed by atoms with van der Waals surface area (Å²) >= 11 is 0. The van der Waals surface area contributed by atoms with Crippen LogP contribution in [-0.2, 0) is 0 Å². The number of fused-ring (bicyclic) bond motifs is 10. The fraction of sp³-hybridized carbons (Fsp3) is 0. The summed E-state index contributed by atoms with van der Waals surface area (Å²) in [6, 6.07) is 59.8. The maximum absolute atomic E-state index is 2.50. The molecule has 0 fully saturated rings. The normalized spacial score (nSPS) is 11.7. The van der Waals surface area contributed by atoms with Crippen LogP contribution in [0.3, 0.4) is 0 Å². The average molecular weight is 546 g/mol. The zero-order valence-electron chi connectivity index (χ0n) is 23.5. The van der Waals surface area contributed by atoms with E-state index in [1.807, 2.05) is 0 Å². The highest BCUT2D eigenvalue weighted by atomic mass is 14.9. The largest absolute Gasteiger partial charge is 0.308 e. The van der Waals surface area contributed by atoms with Crippen molar-refractivity contribution in [2.75, 3.05) is 0 Å². The second-order valence-electron chi connectivity index (χ2n) is 11.3. The van der Waals surface area contributed by atoms with Gasteiger partial charge < -0.3 is 4.40 Å². The van der Waals surface area contributed by atoms with E-state index in [0.717, 1.165) is 0 Å². The highest BCUT2D eigenvalue weighted by Crippen LogP contribution is 2.39. The van der Waals surface area contributed by atoms with Crippen LogP contribution in [0, 0.1) is 0 Å². The molecule has 0 spiro atoms. The third kappa shape index (κ3) is 3.65. The van der Waals surface area contributed by atoms with Gasteiger partial charge in [-0.25, -0.2) is 0 Å². The van der Waals surface area contributed by atoms with Gasteiger partial charge in [-0.05, 0) is 62.0 Å². The van der Waals surface area contributed by atoms with Crippen molar-refractivity contribution in [2.45, 2.75) is 0 Å². The lowest BCUT2D eigenvalue weighted by Crippen LogP contribution is -1.86. The monoisotopic (exact) mass is 545 g/mol. The Morgan fingerprint density at radius 1 is 0.256 bits per heavy atom. The first-order chi connectivity index (χ1) is 21.3. The van der Waals surface area contributed by atoms with Crippen molar-refractivity contribution in [3.05, 3.63) is 164 Å². The van der Waals surface area contributed by atoms with E-state index in [1.165, 1.54) is 81.9 Å². The topological polar surface area (TPSA) is 4.41 Å². The molecular formula is C42H27N. The van der Waals surface area contributed by atoms with Crippen molar-refractivity contribution in [2.24, 2.45) is 0 Å². The molecule has 0 N–H and O–H groups in total. The molecule has 9 rings (SSSR count). The Kier molecular flexibility index (Phi) is 5.27. The van der Waals surface area contributed by atoms with Crippen molar-refractivity contribution in [1.29, 1.82) is 0 Å². The molecular weight excluding hydrogens is 518 g/mol. The number of rotatable bonds is 2. The molecule has 2 aromatic heterocycles. The van der Waals surface area contributed by atoms with Gasteiger partial charge in [0.25, 0.3) is 0 Å². The molecule has 43 heavy (non-hydrogen) atoms.